The van der Waals surface area contributed by atoms with Crippen molar-refractivity contribution in [1.82, 2.24) is 14.8 Å². The smallest absolute Gasteiger partial charge is 0.225 e. The lowest BCUT2D eigenvalue weighted by Crippen LogP contribution is -2.13. The molecule has 0 atom stereocenters. The molecule has 0 radical (unpaired) electrons. The van der Waals surface area contributed by atoms with Crippen molar-refractivity contribution in [2.45, 2.75) is 25.0 Å². The van der Waals surface area contributed by atoms with Gasteiger partial charge in [0, 0.05) is 18.7 Å². The SMILES string of the molecule is CCn1c(SCCC(=O)Nc2c(Cl)cccc2Cl)nnc1-c1cccs1. The highest BCUT2D eigenvalue weighted by Crippen LogP contribution is 2.30. The molecule has 2 heterocycles. The maximum atomic E-state index is 12.2. The van der Waals surface area contributed by atoms with Crippen LogP contribution < -0.4 is 5.32 Å². The molecule has 26 heavy (non-hydrogen) atoms. The Morgan fingerprint density at radius 2 is 2.00 bits per heavy atom. The van der Waals surface area contributed by atoms with Gasteiger partial charge in [-0.2, -0.15) is 0 Å². The van der Waals surface area contributed by atoms with Gasteiger partial charge in [-0.05, 0) is 30.5 Å². The minimum atomic E-state index is -0.145. The highest BCUT2D eigenvalue weighted by atomic mass is 35.5. The van der Waals surface area contributed by atoms with Gasteiger partial charge in [-0.3, -0.25) is 4.79 Å². The van der Waals surface area contributed by atoms with Gasteiger partial charge in [0.05, 0.1) is 20.6 Å². The molecule has 0 spiro atoms. The first-order valence-corrected chi connectivity index (χ1v) is 10.6. The fourth-order valence-corrected chi connectivity index (χ4v) is 4.47. The summed E-state index contributed by atoms with van der Waals surface area (Å²) < 4.78 is 2.05. The highest BCUT2D eigenvalue weighted by Gasteiger charge is 2.15. The number of carbonyl (C=O) groups is 1. The average Bonchev–Trinajstić information content (AvgIpc) is 3.27. The number of nitrogens with zero attached hydrogens (tertiary/aromatic N) is 3. The summed E-state index contributed by atoms with van der Waals surface area (Å²) in [5.41, 5.74) is 0.447. The van der Waals surface area contributed by atoms with Crippen molar-refractivity contribution in [1.29, 1.82) is 0 Å². The first-order valence-electron chi connectivity index (χ1n) is 7.94. The molecule has 0 fully saturated rings. The Kier molecular flexibility index (Phi) is 6.58. The first-order chi connectivity index (χ1) is 12.6. The van der Waals surface area contributed by atoms with Gasteiger partial charge < -0.3 is 9.88 Å². The predicted octanol–water partition coefficient (Wildman–Crippen LogP) is 5.45. The van der Waals surface area contributed by atoms with E-state index in [1.54, 1.807) is 29.5 Å². The number of anilines is 1. The molecule has 0 unspecified atom stereocenters. The molecule has 0 aliphatic heterocycles. The third-order valence-electron chi connectivity index (χ3n) is 3.56. The number of rotatable bonds is 7. The second-order valence-electron chi connectivity index (χ2n) is 5.27. The van der Waals surface area contributed by atoms with Gasteiger partial charge in [0.2, 0.25) is 5.91 Å². The number of amides is 1. The quantitative estimate of drug-likeness (QED) is 0.509. The molecular formula is C17H16Cl2N4OS2. The number of aromatic nitrogens is 3. The van der Waals surface area contributed by atoms with Crippen molar-refractivity contribution in [2.24, 2.45) is 0 Å². The summed E-state index contributed by atoms with van der Waals surface area (Å²) in [4.78, 5) is 13.3. The molecule has 0 saturated carbocycles. The Hall–Kier alpha value is -1.54. The minimum Gasteiger partial charge on any atom is -0.324 e. The molecule has 1 amide bonds. The summed E-state index contributed by atoms with van der Waals surface area (Å²) in [7, 11) is 0. The van der Waals surface area contributed by atoms with E-state index in [1.807, 2.05) is 17.5 Å². The van der Waals surface area contributed by atoms with Crippen LogP contribution >= 0.6 is 46.3 Å². The van der Waals surface area contributed by atoms with Crippen LogP contribution in [0.5, 0.6) is 0 Å². The Morgan fingerprint density at radius 3 is 2.65 bits per heavy atom. The van der Waals surface area contributed by atoms with Crippen LogP contribution in [-0.4, -0.2) is 26.4 Å². The molecular weight excluding hydrogens is 411 g/mol. The molecule has 0 bridgehead atoms. The molecule has 0 saturated heterocycles. The summed E-state index contributed by atoms with van der Waals surface area (Å²) in [5, 5.41) is 15.0. The highest BCUT2D eigenvalue weighted by molar-refractivity contribution is 7.99. The first kappa shape index (κ1) is 19.2. The van der Waals surface area contributed by atoms with Crippen LogP contribution in [0.4, 0.5) is 5.69 Å². The largest absolute Gasteiger partial charge is 0.324 e. The summed E-state index contributed by atoms with van der Waals surface area (Å²) in [5.74, 6) is 1.29. The molecule has 2 aromatic heterocycles. The van der Waals surface area contributed by atoms with Gasteiger partial charge in [0.25, 0.3) is 0 Å². The predicted molar refractivity (Wildman–Crippen MR) is 109 cm³/mol. The monoisotopic (exact) mass is 426 g/mol. The molecule has 3 rings (SSSR count). The molecule has 3 aromatic rings. The summed E-state index contributed by atoms with van der Waals surface area (Å²) in [6.45, 7) is 2.82. The lowest BCUT2D eigenvalue weighted by Gasteiger charge is -2.09. The van der Waals surface area contributed by atoms with Gasteiger partial charge in [-0.1, -0.05) is 47.1 Å². The summed E-state index contributed by atoms with van der Waals surface area (Å²) in [6, 6.07) is 9.13. The zero-order valence-electron chi connectivity index (χ0n) is 13.9. The van der Waals surface area contributed by atoms with Crippen LogP contribution in [0.1, 0.15) is 13.3 Å². The summed E-state index contributed by atoms with van der Waals surface area (Å²) in [6.07, 6.45) is 0.317. The van der Waals surface area contributed by atoms with Crippen LogP contribution in [0.2, 0.25) is 10.0 Å². The van der Waals surface area contributed by atoms with Gasteiger partial charge in [0.15, 0.2) is 11.0 Å². The van der Waals surface area contributed by atoms with E-state index in [2.05, 4.69) is 27.0 Å². The van der Waals surface area contributed by atoms with E-state index >= 15 is 0 Å². The summed E-state index contributed by atoms with van der Waals surface area (Å²) >= 11 is 15.3. The maximum Gasteiger partial charge on any atom is 0.225 e. The number of hydrogen-bond donors (Lipinski definition) is 1. The zero-order chi connectivity index (χ0) is 18.5. The van der Waals surface area contributed by atoms with Gasteiger partial charge in [0.1, 0.15) is 0 Å². The van der Waals surface area contributed by atoms with E-state index in [-0.39, 0.29) is 5.91 Å². The van der Waals surface area contributed by atoms with Crippen LogP contribution in [0, 0.1) is 0 Å². The van der Waals surface area contributed by atoms with Crippen molar-refractivity contribution >= 4 is 57.9 Å². The van der Waals surface area contributed by atoms with Crippen molar-refractivity contribution in [3.05, 3.63) is 45.8 Å². The van der Waals surface area contributed by atoms with E-state index in [0.29, 0.717) is 27.9 Å². The Morgan fingerprint density at radius 1 is 1.23 bits per heavy atom. The molecule has 9 heteroatoms. The molecule has 0 aliphatic rings. The zero-order valence-corrected chi connectivity index (χ0v) is 17.1. The van der Waals surface area contributed by atoms with E-state index in [1.165, 1.54) is 11.8 Å². The number of para-hydroxylation sites is 1. The lowest BCUT2D eigenvalue weighted by molar-refractivity contribution is -0.115. The second kappa shape index (κ2) is 8.90. The van der Waals surface area contributed by atoms with Gasteiger partial charge in [-0.15, -0.1) is 21.5 Å². The third kappa shape index (κ3) is 4.40. The number of thiophene rings is 1. The van der Waals surface area contributed by atoms with Crippen molar-refractivity contribution in [3.63, 3.8) is 0 Å². The van der Waals surface area contributed by atoms with Crippen molar-refractivity contribution in [2.75, 3.05) is 11.1 Å². The van der Waals surface area contributed by atoms with E-state index in [9.17, 15) is 4.79 Å². The third-order valence-corrected chi connectivity index (χ3v) is 6.03. The topological polar surface area (TPSA) is 59.8 Å². The van der Waals surface area contributed by atoms with Gasteiger partial charge in [-0.25, -0.2) is 0 Å². The minimum absolute atomic E-state index is 0.145. The molecule has 5 nitrogen and oxygen atoms in total. The van der Waals surface area contributed by atoms with E-state index in [0.717, 1.165) is 22.4 Å². The van der Waals surface area contributed by atoms with Crippen molar-refractivity contribution in [3.8, 4) is 10.7 Å². The Bertz CT molecular complexity index is 876. The number of nitrogens with one attached hydrogen (secondary N) is 1. The fraction of sp³-hybridized carbons (Fsp3) is 0.235. The lowest BCUT2D eigenvalue weighted by atomic mass is 10.3. The average molecular weight is 427 g/mol. The van der Waals surface area contributed by atoms with E-state index < -0.39 is 0 Å². The van der Waals surface area contributed by atoms with Gasteiger partial charge >= 0.3 is 0 Å². The van der Waals surface area contributed by atoms with Crippen LogP contribution in [-0.2, 0) is 11.3 Å². The van der Waals surface area contributed by atoms with Crippen molar-refractivity contribution < 1.29 is 4.79 Å². The molecule has 0 aliphatic carbocycles. The number of carbonyl (C=O) groups excluding carboxylic acids is 1. The number of hydrogen-bond acceptors (Lipinski definition) is 5. The van der Waals surface area contributed by atoms with Crippen LogP contribution in [0.25, 0.3) is 10.7 Å². The molecule has 1 N–H and O–H groups in total. The maximum absolute atomic E-state index is 12.2. The number of benzene rings is 1. The Balaban J connectivity index is 1.59. The second-order valence-corrected chi connectivity index (χ2v) is 8.10. The number of halogens is 2. The van der Waals surface area contributed by atoms with Crippen LogP contribution in [0.15, 0.2) is 40.9 Å². The standard InChI is InChI=1S/C17H16Cl2N4OS2/c1-2-23-16(13-7-4-9-25-13)21-22-17(23)26-10-8-14(24)20-15-11(18)5-3-6-12(15)19/h3-7,9H,2,8,10H2,1H3,(H,20,24). The fourth-order valence-electron chi connectivity index (χ4n) is 2.32. The number of thioether (sulfide) groups is 1. The van der Waals surface area contributed by atoms with E-state index in [4.69, 9.17) is 23.2 Å². The molecule has 136 valence electrons. The molecule has 1 aromatic carbocycles. The Labute approximate surface area is 169 Å². The van der Waals surface area contributed by atoms with Crippen LogP contribution in [0.3, 0.4) is 0 Å². The normalized spacial score (nSPS) is 10.9.